The minimum Gasteiger partial charge on any atom is -0.368 e. The number of aromatic nitrogens is 6. The molecule has 0 bridgehead atoms. The van der Waals surface area contributed by atoms with Crippen molar-refractivity contribution in [2.24, 2.45) is 5.73 Å². The topological polar surface area (TPSA) is 125 Å². The van der Waals surface area contributed by atoms with E-state index < -0.39 is 0 Å². The normalized spacial score (nSPS) is 12.4. The van der Waals surface area contributed by atoms with Crippen molar-refractivity contribution in [3.8, 4) is 0 Å². The van der Waals surface area contributed by atoms with Crippen LogP contribution in [0, 0.1) is 0 Å². The Morgan fingerprint density at radius 2 is 2.05 bits per heavy atom. The van der Waals surface area contributed by atoms with Gasteiger partial charge < -0.3 is 16.4 Å². The first-order valence-corrected chi connectivity index (χ1v) is 5.79. The molecule has 2 heterocycles. The van der Waals surface area contributed by atoms with Crippen molar-refractivity contribution in [3.05, 3.63) is 17.7 Å². The highest BCUT2D eigenvalue weighted by Gasteiger charge is 2.09. The Balaban J connectivity index is 2.22. The Bertz CT molecular complexity index is 560. The van der Waals surface area contributed by atoms with Crippen molar-refractivity contribution in [1.82, 2.24) is 29.9 Å². The van der Waals surface area contributed by atoms with Crippen molar-refractivity contribution in [1.29, 1.82) is 0 Å². The Kier molecular flexibility index (Phi) is 3.56. The van der Waals surface area contributed by atoms with Crippen LogP contribution in [0.3, 0.4) is 0 Å². The van der Waals surface area contributed by atoms with Gasteiger partial charge in [-0.2, -0.15) is 15.0 Å². The van der Waals surface area contributed by atoms with Gasteiger partial charge in [-0.1, -0.05) is 5.21 Å². The summed E-state index contributed by atoms with van der Waals surface area (Å²) in [5.74, 6) is 1.22. The second-order valence-corrected chi connectivity index (χ2v) is 4.43. The Labute approximate surface area is 110 Å². The SMILES string of the molecule is CC(N)c1cn(Cc2nc(N)nc(N(C)C)n2)nn1. The van der Waals surface area contributed by atoms with Gasteiger partial charge in [-0.3, -0.25) is 0 Å². The average molecular weight is 263 g/mol. The third kappa shape index (κ3) is 3.13. The predicted molar refractivity (Wildman–Crippen MR) is 70.3 cm³/mol. The van der Waals surface area contributed by atoms with Crippen LogP contribution in [0.25, 0.3) is 0 Å². The third-order valence-electron chi connectivity index (χ3n) is 2.41. The fraction of sp³-hybridized carbons (Fsp3) is 0.500. The summed E-state index contributed by atoms with van der Waals surface area (Å²) >= 11 is 0. The number of rotatable bonds is 4. The second kappa shape index (κ2) is 5.14. The lowest BCUT2D eigenvalue weighted by Crippen LogP contribution is -2.17. The number of hydrogen-bond acceptors (Lipinski definition) is 8. The summed E-state index contributed by atoms with van der Waals surface area (Å²) < 4.78 is 1.62. The number of hydrogen-bond donors (Lipinski definition) is 2. The van der Waals surface area contributed by atoms with E-state index in [-0.39, 0.29) is 12.0 Å². The van der Waals surface area contributed by atoms with E-state index in [1.165, 1.54) is 0 Å². The van der Waals surface area contributed by atoms with Crippen LogP contribution in [-0.4, -0.2) is 44.0 Å². The monoisotopic (exact) mass is 263 g/mol. The van der Waals surface area contributed by atoms with E-state index in [1.807, 2.05) is 21.0 Å². The summed E-state index contributed by atoms with van der Waals surface area (Å²) in [6, 6.07) is -0.158. The summed E-state index contributed by atoms with van der Waals surface area (Å²) in [5, 5.41) is 7.94. The summed E-state index contributed by atoms with van der Waals surface area (Å²) in [6.45, 7) is 2.21. The van der Waals surface area contributed by atoms with Gasteiger partial charge in [0, 0.05) is 20.1 Å². The van der Waals surface area contributed by atoms with Crippen LogP contribution in [0.15, 0.2) is 6.20 Å². The standard InChI is InChI=1S/C10H17N9/c1-6(11)7-4-19(17-16-7)5-8-13-9(12)15-10(14-8)18(2)3/h4,6H,5,11H2,1-3H3,(H2,12,13,14,15). The Morgan fingerprint density at radius 1 is 1.32 bits per heavy atom. The lowest BCUT2D eigenvalue weighted by Gasteiger charge is -2.11. The number of nitrogen functional groups attached to an aromatic ring is 1. The van der Waals surface area contributed by atoms with Crippen molar-refractivity contribution in [3.63, 3.8) is 0 Å². The minimum absolute atomic E-state index is 0.158. The van der Waals surface area contributed by atoms with Crippen LogP contribution in [-0.2, 0) is 6.54 Å². The van der Waals surface area contributed by atoms with Crippen LogP contribution < -0.4 is 16.4 Å². The Morgan fingerprint density at radius 3 is 2.63 bits per heavy atom. The largest absolute Gasteiger partial charge is 0.368 e. The fourth-order valence-electron chi connectivity index (χ4n) is 1.44. The molecule has 2 aromatic rings. The highest BCUT2D eigenvalue weighted by molar-refractivity contribution is 5.32. The van der Waals surface area contributed by atoms with E-state index in [0.717, 1.165) is 5.69 Å². The van der Waals surface area contributed by atoms with Gasteiger partial charge in [-0.25, -0.2) is 4.68 Å². The van der Waals surface area contributed by atoms with E-state index in [0.29, 0.717) is 18.3 Å². The minimum atomic E-state index is -0.158. The zero-order chi connectivity index (χ0) is 14.0. The molecule has 102 valence electrons. The molecule has 0 aliphatic rings. The molecule has 9 heteroatoms. The molecule has 0 spiro atoms. The zero-order valence-corrected chi connectivity index (χ0v) is 11.1. The summed E-state index contributed by atoms with van der Waals surface area (Å²) in [7, 11) is 3.67. The van der Waals surface area contributed by atoms with E-state index >= 15 is 0 Å². The molecule has 0 saturated heterocycles. The smallest absolute Gasteiger partial charge is 0.229 e. The molecule has 9 nitrogen and oxygen atoms in total. The van der Waals surface area contributed by atoms with Gasteiger partial charge in [-0.15, -0.1) is 5.10 Å². The van der Waals surface area contributed by atoms with Crippen LogP contribution in [0.5, 0.6) is 0 Å². The quantitative estimate of drug-likeness (QED) is 0.733. The molecule has 0 aromatic carbocycles. The molecule has 1 unspecified atom stereocenters. The summed E-state index contributed by atoms with van der Waals surface area (Å²) in [6.07, 6.45) is 1.76. The van der Waals surface area contributed by atoms with E-state index in [9.17, 15) is 0 Å². The molecule has 0 radical (unpaired) electrons. The van der Waals surface area contributed by atoms with Crippen molar-refractivity contribution < 1.29 is 0 Å². The van der Waals surface area contributed by atoms with Gasteiger partial charge in [0.2, 0.25) is 11.9 Å². The lowest BCUT2D eigenvalue weighted by molar-refractivity contribution is 0.622. The second-order valence-electron chi connectivity index (χ2n) is 4.43. The van der Waals surface area contributed by atoms with Gasteiger partial charge in [-0.05, 0) is 6.92 Å². The maximum Gasteiger partial charge on any atom is 0.229 e. The molecule has 4 N–H and O–H groups in total. The Hall–Kier alpha value is -2.29. The summed E-state index contributed by atoms with van der Waals surface area (Å²) in [4.78, 5) is 14.1. The van der Waals surface area contributed by atoms with Crippen LogP contribution >= 0.6 is 0 Å². The van der Waals surface area contributed by atoms with E-state index in [1.54, 1.807) is 15.8 Å². The zero-order valence-electron chi connectivity index (χ0n) is 11.1. The van der Waals surface area contributed by atoms with Crippen LogP contribution in [0.4, 0.5) is 11.9 Å². The molecular weight excluding hydrogens is 246 g/mol. The molecule has 0 aliphatic heterocycles. The van der Waals surface area contributed by atoms with Crippen molar-refractivity contribution in [2.75, 3.05) is 24.7 Å². The predicted octanol–water partition coefficient (Wildman–Crippen LogP) is -0.821. The molecule has 0 fully saturated rings. The maximum absolute atomic E-state index is 5.72. The van der Waals surface area contributed by atoms with Gasteiger partial charge in [0.05, 0.1) is 11.9 Å². The van der Waals surface area contributed by atoms with Crippen molar-refractivity contribution in [2.45, 2.75) is 19.5 Å². The van der Waals surface area contributed by atoms with Gasteiger partial charge >= 0.3 is 0 Å². The highest BCUT2D eigenvalue weighted by atomic mass is 15.4. The molecule has 2 aromatic heterocycles. The number of anilines is 2. The molecule has 0 saturated carbocycles. The van der Waals surface area contributed by atoms with Crippen molar-refractivity contribution >= 4 is 11.9 Å². The highest BCUT2D eigenvalue weighted by Crippen LogP contribution is 2.08. The lowest BCUT2D eigenvalue weighted by atomic mass is 10.3. The number of nitrogens with zero attached hydrogens (tertiary/aromatic N) is 7. The molecule has 19 heavy (non-hydrogen) atoms. The first-order chi connectivity index (χ1) is 8.95. The van der Waals surface area contributed by atoms with E-state index in [2.05, 4.69) is 25.3 Å². The van der Waals surface area contributed by atoms with E-state index in [4.69, 9.17) is 11.5 Å². The van der Waals surface area contributed by atoms with Gasteiger partial charge in [0.25, 0.3) is 0 Å². The van der Waals surface area contributed by atoms with Gasteiger partial charge in [0.15, 0.2) is 5.82 Å². The van der Waals surface area contributed by atoms with Crippen LogP contribution in [0.1, 0.15) is 24.5 Å². The number of nitrogens with two attached hydrogens (primary N) is 2. The summed E-state index contributed by atoms with van der Waals surface area (Å²) in [5.41, 5.74) is 12.1. The molecule has 1 atom stereocenters. The average Bonchev–Trinajstić information content (AvgIpc) is 2.76. The van der Waals surface area contributed by atoms with Crippen LogP contribution in [0.2, 0.25) is 0 Å². The molecule has 2 rings (SSSR count). The first kappa shape index (κ1) is 13.1. The molecule has 0 amide bonds. The molecule has 0 aliphatic carbocycles. The first-order valence-electron chi connectivity index (χ1n) is 5.79. The fourth-order valence-corrected chi connectivity index (χ4v) is 1.44. The maximum atomic E-state index is 5.72. The third-order valence-corrected chi connectivity index (χ3v) is 2.41. The van der Waals surface area contributed by atoms with Gasteiger partial charge in [0.1, 0.15) is 6.54 Å². The molecular formula is C10H17N9.